The molecule has 1 aromatic carbocycles. The van der Waals surface area contributed by atoms with Crippen molar-refractivity contribution in [3.63, 3.8) is 0 Å². The van der Waals surface area contributed by atoms with Crippen LogP contribution < -0.4 is 10.6 Å². The Labute approximate surface area is 124 Å². The van der Waals surface area contributed by atoms with Gasteiger partial charge in [-0.15, -0.1) is 0 Å². The van der Waals surface area contributed by atoms with Crippen molar-refractivity contribution < 1.29 is 14.7 Å². The van der Waals surface area contributed by atoms with E-state index in [0.717, 1.165) is 0 Å². The number of carboxylic acids is 1. The molecule has 104 valence electrons. The van der Waals surface area contributed by atoms with Crippen molar-refractivity contribution in [2.75, 3.05) is 5.32 Å². The Hall–Kier alpha value is -1.27. The number of nitrogens with one attached hydrogen (secondary N) is 2. The average Bonchev–Trinajstić information content (AvgIpc) is 2.30. The number of rotatable bonds is 4. The summed E-state index contributed by atoms with van der Waals surface area (Å²) < 4.78 is 0.644. The first-order chi connectivity index (χ1) is 8.81. The van der Waals surface area contributed by atoms with E-state index in [2.05, 4.69) is 26.6 Å². The number of carbonyl (C=O) groups is 2. The molecular formula is C12H14BrClN2O3. The number of amides is 2. The topological polar surface area (TPSA) is 78.4 Å². The predicted octanol–water partition coefficient (Wildman–Crippen LogP) is 3.33. The molecule has 5 nitrogen and oxygen atoms in total. The van der Waals surface area contributed by atoms with Gasteiger partial charge in [-0.3, -0.25) is 0 Å². The summed E-state index contributed by atoms with van der Waals surface area (Å²) in [7, 11) is 0. The molecule has 0 saturated carbocycles. The van der Waals surface area contributed by atoms with Crippen molar-refractivity contribution in [1.82, 2.24) is 5.32 Å². The van der Waals surface area contributed by atoms with E-state index in [1.165, 1.54) is 0 Å². The van der Waals surface area contributed by atoms with Gasteiger partial charge in [-0.1, -0.05) is 25.4 Å². The van der Waals surface area contributed by atoms with Crippen LogP contribution in [-0.4, -0.2) is 23.1 Å². The summed E-state index contributed by atoms with van der Waals surface area (Å²) in [4.78, 5) is 22.7. The first kappa shape index (κ1) is 15.8. The number of hydrogen-bond donors (Lipinski definition) is 3. The summed E-state index contributed by atoms with van der Waals surface area (Å²) in [6.45, 7) is 3.44. The SMILES string of the molecule is CC(C)[C@@H](NC(=O)Nc1ccc(Cl)c(Br)c1)C(=O)O. The maximum Gasteiger partial charge on any atom is 0.326 e. The van der Waals surface area contributed by atoms with E-state index in [1.54, 1.807) is 32.0 Å². The molecule has 1 atom stereocenters. The van der Waals surface area contributed by atoms with Gasteiger partial charge in [0.1, 0.15) is 6.04 Å². The summed E-state index contributed by atoms with van der Waals surface area (Å²) in [5.74, 6) is -1.28. The van der Waals surface area contributed by atoms with Crippen LogP contribution in [0.15, 0.2) is 22.7 Å². The zero-order valence-corrected chi connectivity index (χ0v) is 12.7. The fourth-order valence-corrected chi connectivity index (χ4v) is 1.89. The number of anilines is 1. The van der Waals surface area contributed by atoms with Crippen LogP contribution in [0.4, 0.5) is 10.5 Å². The van der Waals surface area contributed by atoms with E-state index >= 15 is 0 Å². The third-order valence-corrected chi connectivity index (χ3v) is 3.61. The monoisotopic (exact) mass is 348 g/mol. The lowest BCUT2D eigenvalue weighted by Crippen LogP contribution is -2.46. The summed E-state index contributed by atoms with van der Waals surface area (Å²) >= 11 is 9.07. The number of halogens is 2. The van der Waals surface area contributed by atoms with E-state index in [-0.39, 0.29) is 5.92 Å². The van der Waals surface area contributed by atoms with Crippen molar-refractivity contribution in [3.8, 4) is 0 Å². The Morgan fingerprint density at radius 2 is 2.00 bits per heavy atom. The smallest absolute Gasteiger partial charge is 0.326 e. The maximum atomic E-state index is 11.7. The number of benzene rings is 1. The van der Waals surface area contributed by atoms with Gasteiger partial charge in [0.2, 0.25) is 0 Å². The van der Waals surface area contributed by atoms with Gasteiger partial charge in [-0.05, 0) is 40.0 Å². The molecule has 2 amide bonds. The highest BCUT2D eigenvalue weighted by atomic mass is 79.9. The predicted molar refractivity (Wildman–Crippen MR) is 77.6 cm³/mol. The van der Waals surface area contributed by atoms with Gasteiger partial charge in [0.15, 0.2) is 0 Å². The molecule has 0 fully saturated rings. The minimum absolute atomic E-state index is 0.208. The molecule has 0 unspecified atom stereocenters. The molecule has 19 heavy (non-hydrogen) atoms. The molecule has 3 N–H and O–H groups in total. The third-order valence-electron chi connectivity index (χ3n) is 2.40. The van der Waals surface area contributed by atoms with Crippen LogP contribution in [0, 0.1) is 5.92 Å². The highest BCUT2D eigenvalue weighted by Crippen LogP contribution is 2.25. The van der Waals surface area contributed by atoms with E-state index in [9.17, 15) is 9.59 Å². The normalized spacial score (nSPS) is 12.1. The fourth-order valence-electron chi connectivity index (χ4n) is 1.40. The lowest BCUT2D eigenvalue weighted by molar-refractivity contribution is -0.140. The van der Waals surface area contributed by atoms with Crippen LogP contribution in [0.25, 0.3) is 0 Å². The fraction of sp³-hybridized carbons (Fsp3) is 0.333. The Balaban J connectivity index is 2.69. The second-order valence-corrected chi connectivity index (χ2v) is 5.55. The van der Waals surface area contributed by atoms with Crippen LogP contribution >= 0.6 is 27.5 Å². The number of carboxylic acid groups (broad SMARTS) is 1. The van der Waals surface area contributed by atoms with E-state index < -0.39 is 18.0 Å². The minimum Gasteiger partial charge on any atom is -0.480 e. The Morgan fingerprint density at radius 3 is 2.47 bits per heavy atom. The third kappa shape index (κ3) is 4.72. The largest absolute Gasteiger partial charge is 0.480 e. The summed E-state index contributed by atoms with van der Waals surface area (Å²) in [5.41, 5.74) is 0.515. The van der Waals surface area contributed by atoms with Crippen LogP contribution in [0.3, 0.4) is 0 Å². The van der Waals surface area contributed by atoms with Crippen molar-refractivity contribution in [1.29, 1.82) is 0 Å². The lowest BCUT2D eigenvalue weighted by Gasteiger charge is -2.18. The number of carbonyl (C=O) groups excluding carboxylic acids is 1. The van der Waals surface area contributed by atoms with Gasteiger partial charge in [-0.25, -0.2) is 9.59 Å². The molecule has 0 radical (unpaired) electrons. The van der Waals surface area contributed by atoms with E-state index in [4.69, 9.17) is 16.7 Å². The highest BCUT2D eigenvalue weighted by molar-refractivity contribution is 9.10. The number of aliphatic carboxylic acids is 1. The van der Waals surface area contributed by atoms with Gasteiger partial charge in [0.25, 0.3) is 0 Å². The lowest BCUT2D eigenvalue weighted by atomic mass is 10.1. The Morgan fingerprint density at radius 1 is 1.37 bits per heavy atom. The summed E-state index contributed by atoms with van der Waals surface area (Å²) in [6.07, 6.45) is 0. The molecule has 0 aliphatic carbocycles. The molecule has 0 saturated heterocycles. The summed E-state index contributed by atoms with van der Waals surface area (Å²) in [6, 6.07) is 3.37. The summed E-state index contributed by atoms with van der Waals surface area (Å²) in [5, 5.41) is 14.4. The zero-order valence-electron chi connectivity index (χ0n) is 10.4. The number of hydrogen-bond acceptors (Lipinski definition) is 2. The standard InChI is InChI=1S/C12H14BrClN2O3/c1-6(2)10(11(17)18)16-12(19)15-7-3-4-9(14)8(13)5-7/h3-6,10H,1-2H3,(H,17,18)(H2,15,16,19)/t10-/m1/s1. The van der Waals surface area contributed by atoms with Gasteiger partial charge in [-0.2, -0.15) is 0 Å². The Kier molecular flexibility index (Phi) is 5.62. The minimum atomic E-state index is -1.07. The van der Waals surface area contributed by atoms with Crippen LogP contribution in [0.1, 0.15) is 13.8 Å². The zero-order chi connectivity index (χ0) is 14.6. The van der Waals surface area contributed by atoms with Crippen molar-refractivity contribution in [2.24, 2.45) is 5.92 Å². The molecule has 0 bridgehead atoms. The van der Waals surface area contributed by atoms with Gasteiger partial charge in [0.05, 0.1) is 5.02 Å². The van der Waals surface area contributed by atoms with Gasteiger partial charge >= 0.3 is 12.0 Å². The molecule has 0 spiro atoms. The molecule has 1 aromatic rings. The second kappa shape index (κ2) is 6.77. The van der Waals surface area contributed by atoms with Crippen LogP contribution in [-0.2, 0) is 4.79 Å². The quantitative estimate of drug-likeness (QED) is 0.780. The highest BCUT2D eigenvalue weighted by Gasteiger charge is 2.23. The first-order valence-electron chi connectivity index (χ1n) is 5.56. The molecule has 7 heteroatoms. The molecular weight excluding hydrogens is 336 g/mol. The molecule has 1 rings (SSSR count). The van der Waals surface area contributed by atoms with Crippen molar-refractivity contribution in [3.05, 3.63) is 27.7 Å². The average molecular weight is 350 g/mol. The Bertz CT molecular complexity index is 494. The molecule has 0 aliphatic heterocycles. The van der Waals surface area contributed by atoms with E-state index in [0.29, 0.717) is 15.2 Å². The molecule has 0 aromatic heterocycles. The van der Waals surface area contributed by atoms with Gasteiger partial charge < -0.3 is 15.7 Å². The molecule has 0 aliphatic rings. The first-order valence-corrected chi connectivity index (χ1v) is 6.73. The van der Waals surface area contributed by atoms with Crippen LogP contribution in [0.2, 0.25) is 5.02 Å². The van der Waals surface area contributed by atoms with Crippen molar-refractivity contribution in [2.45, 2.75) is 19.9 Å². The second-order valence-electron chi connectivity index (χ2n) is 4.29. The van der Waals surface area contributed by atoms with E-state index in [1.807, 2.05) is 0 Å². The van der Waals surface area contributed by atoms with Crippen LogP contribution in [0.5, 0.6) is 0 Å². The maximum absolute atomic E-state index is 11.7. The molecule has 0 heterocycles. The van der Waals surface area contributed by atoms with Crippen molar-refractivity contribution >= 4 is 45.2 Å². The van der Waals surface area contributed by atoms with Gasteiger partial charge in [0, 0.05) is 10.2 Å². The number of urea groups is 1.